The standard InChI is InChI=1S/C16H20ClN7/c1-23-4-6-24(7-5-23)15-9-14(21-16(17)22-15)20-12-2-3-13(19)11(8-12)10-18/h2-3,8-10,18H,4-7,19H2,1H3,(H,20,21,22). The van der Waals surface area contributed by atoms with E-state index in [-0.39, 0.29) is 5.28 Å². The fraction of sp³-hybridized carbons (Fsp3) is 0.312. The van der Waals surface area contributed by atoms with Gasteiger partial charge in [0.25, 0.3) is 0 Å². The second kappa shape index (κ2) is 7.02. The van der Waals surface area contributed by atoms with Crippen LogP contribution in [0.4, 0.5) is 23.0 Å². The van der Waals surface area contributed by atoms with Crippen molar-refractivity contribution >= 4 is 40.8 Å². The van der Waals surface area contributed by atoms with Crippen molar-refractivity contribution in [3.8, 4) is 0 Å². The molecular formula is C16H20ClN7. The number of nitrogens with zero attached hydrogens (tertiary/aromatic N) is 4. The Hall–Kier alpha value is -2.38. The van der Waals surface area contributed by atoms with E-state index in [0.29, 0.717) is 17.1 Å². The van der Waals surface area contributed by atoms with Crippen LogP contribution in [0.2, 0.25) is 5.28 Å². The van der Waals surface area contributed by atoms with Crippen molar-refractivity contribution < 1.29 is 0 Å². The van der Waals surface area contributed by atoms with E-state index in [9.17, 15) is 0 Å². The van der Waals surface area contributed by atoms with Crippen molar-refractivity contribution in [1.82, 2.24) is 14.9 Å². The molecule has 126 valence electrons. The first-order valence-corrected chi connectivity index (χ1v) is 8.08. The van der Waals surface area contributed by atoms with Gasteiger partial charge in [0.05, 0.1) is 0 Å². The Labute approximate surface area is 146 Å². The van der Waals surface area contributed by atoms with Crippen LogP contribution in [-0.2, 0) is 0 Å². The molecule has 0 atom stereocenters. The minimum Gasteiger partial charge on any atom is -0.398 e. The van der Waals surface area contributed by atoms with Crippen molar-refractivity contribution in [2.45, 2.75) is 0 Å². The summed E-state index contributed by atoms with van der Waals surface area (Å²) in [6.07, 6.45) is 1.23. The number of hydrogen-bond acceptors (Lipinski definition) is 7. The largest absolute Gasteiger partial charge is 0.398 e. The van der Waals surface area contributed by atoms with Crippen molar-refractivity contribution in [1.29, 1.82) is 5.41 Å². The molecule has 0 amide bonds. The van der Waals surface area contributed by atoms with Gasteiger partial charge in [0.1, 0.15) is 11.6 Å². The number of rotatable bonds is 4. The first-order valence-electron chi connectivity index (χ1n) is 7.70. The maximum Gasteiger partial charge on any atom is 0.226 e. The third kappa shape index (κ3) is 3.74. The van der Waals surface area contributed by atoms with Gasteiger partial charge in [-0.1, -0.05) is 0 Å². The molecule has 0 aliphatic carbocycles. The van der Waals surface area contributed by atoms with E-state index in [2.05, 4.69) is 32.1 Å². The third-order valence-electron chi connectivity index (χ3n) is 4.03. The van der Waals surface area contributed by atoms with Gasteiger partial charge in [-0.05, 0) is 36.8 Å². The smallest absolute Gasteiger partial charge is 0.226 e. The van der Waals surface area contributed by atoms with Crippen LogP contribution in [0, 0.1) is 5.41 Å². The highest BCUT2D eigenvalue weighted by Crippen LogP contribution is 2.24. The summed E-state index contributed by atoms with van der Waals surface area (Å²) in [5.41, 5.74) is 7.82. The highest BCUT2D eigenvalue weighted by Gasteiger charge is 2.17. The Morgan fingerprint density at radius 1 is 1.21 bits per heavy atom. The number of piperazine rings is 1. The van der Waals surface area contributed by atoms with Gasteiger partial charge in [-0.3, -0.25) is 0 Å². The average Bonchev–Trinajstić information content (AvgIpc) is 2.56. The molecule has 8 heteroatoms. The predicted octanol–water partition coefficient (Wildman–Crippen LogP) is 2.21. The van der Waals surface area contributed by atoms with Crippen LogP contribution in [0.15, 0.2) is 24.3 Å². The van der Waals surface area contributed by atoms with Crippen LogP contribution in [0.5, 0.6) is 0 Å². The van der Waals surface area contributed by atoms with Crippen molar-refractivity contribution in [3.05, 3.63) is 35.1 Å². The minimum atomic E-state index is 0.205. The Bertz CT molecular complexity index is 741. The number of benzene rings is 1. The van der Waals surface area contributed by atoms with E-state index in [1.807, 2.05) is 12.1 Å². The zero-order chi connectivity index (χ0) is 17.1. The summed E-state index contributed by atoms with van der Waals surface area (Å²) in [7, 11) is 2.11. The second-order valence-electron chi connectivity index (χ2n) is 5.78. The zero-order valence-corrected chi connectivity index (χ0v) is 14.2. The summed E-state index contributed by atoms with van der Waals surface area (Å²) in [4.78, 5) is 13.1. The number of hydrogen-bond donors (Lipinski definition) is 3. The number of anilines is 4. The summed E-state index contributed by atoms with van der Waals surface area (Å²) in [6, 6.07) is 7.28. The monoisotopic (exact) mass is 345 g/mol. The Morgan fingerprint density at radius 2 is 1.96 bits per heavy atom. The first kappa shape index (κ1) is 16.5. The molecule has 1 aliphatic rings. The van der Waals surface area contributed by atoms with E-state index in [1.165, 1.54) is 6.21 Å². The zero-order valence-electron chi connectivity index (χ0n) is 13.5. The number of likely N-dealkylation sites (N-methyl/N-ethyl adjacent to an activating group) is 1. The molecule has 0 radical (unpaired) electrons. The molecule has 0 bridgehead atoms. The highest BCUT2D eigenvalue weighted by molar-refractivity contribution is 6.28. The van der Waals surface area contributed by atoms with Crippen LogP contribution in [0.3, 0.4) is 0 Å². The Balaban J connectivity index is 1.82. The van der Waals surface area contributed by atoms with Crippen LogP contribution in [-0.4, -0.2) is 54.3 Å². The molecule has 0 spiro atoms. The van der Waals surface area contributed by atoms with Gasteiger partial charge in [0.15, 0.2) is 0 Å². The van der Waals surface area contributed by atoms with E-state index < -0.39 is 0 Å². The SMILES string of the molecule is CN1CCN(c2cc(Nc3ccc(N)c(C=N)c3)nc(Cl)n2)CC1. The molecule has 7 nitrogen and oxygen atoms in total. The van der Waals surface area contributed by atoms with Crippen LogP contribution < -0.4 is 16.0 Å². The maximum atomic E-state index is 7.39. The van der Waals surface area contributed by atoms with Gasteiger partial charge in [-0.15, -0.1) is 0 Å². The number of aromatic nitrogens is 2. The highest BCUT2D eigenvalue weighted by atomic mass is 35.5. The van der Waals surface area contributed by atoms with Gasteiger partial charge >= 0.3 is 0 Å². The summed E-state index contributed by atoms with van der Waals surface area (Å²) < 4.78 is 0. The molecule has 2 aromatic rings. The van der Waals surface area contributed by atoms with Gasteiger partial charge in [0, 0.05) is 55.4 Å². The van der Waals surface area contributed by atoms with Crippen LogP contribution in [0.25, 0.3) is 0 Å². The summed E-state index contributed by atoms with van der Waals surface area (Å²) in [5, 5.41) is 10.8. The quantitative estimate of drug-likeness (QED) is 0.447. The van der Waals surface area contributed by atoms with Crippen molar-refractivity contribution in [2.24, 2.45) is 0 Å². The molecule has 3 rings (SSSR count). The average molecular weight is 346 g/mol. The fourth-order valence-corrected chi connectivity index (χ4v) is 2.77. The molecule has 2 heterocycles. The Morgan fingerprint density at radius 3 is 2.67 bits per heavy atom. The van der Waals surface area contributed by atoms with Gasteiger partial charge in [-0.25, -0.2) is 9.97 Å². The topological polar surface area (TPSA) is 94.2 Å². The lowest BCUT2D eigenvalue weighted by molar-refractivity contribution is 0.312. The van der Waals surface area contributed by atoms with Crippen LogP contribution in [0.1, 0.15) is 5.56 Å². The molecule has 1 aliphatic heterocycles. The van der Waals surface area contributed by atoms with Gasteiger partial charge in [0.2, 0.25) is 5.28 Å². The lowest BCUT2D eigenvalue weighted by atomic mass is 10.1. The van der Waals surface area contributed by atoms with Gasteiger partial charge < -0.3 is 26.3 Å². The lowest BCUT2D eigenvalue weighted by Crippen LogP contribution is -2.44. The summed E-state index contributed by atoms with van der Waals surface area (Å²) in [6.45, 7) is 3.79. The molecule has 24 heavy (non-hydrogen) atoms. The number of nitrogens with two attached hydrogens (primary N) is 1. The molecule has 0 unspecified atom stereocenters. The molecular weight excluding hydrogens is 326 g/mol. The molecule has 0 saturated carbocycles. The summed E-state index contributed by atoms with van der Waals surface area (Å²) in [5.74, 6) is 1.43. The molecule has 1 fully saturated rings. The molecule has 1 aromatic carbocycles. The first-order chi connectivity index (χ1) is 11.5. The number of nitrogen functional groups attached to an aromatic ring is 1. The van der Waals surface area contributed by atoms with E-state index in [1.54, 1.807) is 12.1 Å². The normalized spacial score (nSPS) is 15.3. The van der Waals surface area contributed by atoms with Crippen molar-refractivity contribution in [2.75, 3.05) is 49.2 Å². The van der Waals surface area contributed by atoms with Crippen LogP contribution >= 0.6 is 11.6 Å². The predicted molar refractivity (Wildman–Crippen MR) is 98.8 cm³/mol. The van der Waals surface area contributed by atoms with Crippen molar-refractivity contribution in [3.63, 3.8) is 0 Å². The lowest BCUT2D eigenvalue weighted by Gasteiger charge is -2.33. The molecule has 1 saturated heterocycles. The number of nitrogens with one attached hydrogen (secondary N) is 2. The molecule has 1 aromatic heterocycles. The second-order valence-corrected chi connectivity index (χ2v) is 6.12. The van der Waals surface area contributed by atoms with Gasteiger partial charge in [-0.2, -0.15) is 0 Å². The number of halogens is 1. The minimum absolute atomic E-state index is 0.205. The Kier molecular flexibility index (Phi) is 4.82. The summed E-state index contributed by atoms with van der Waals surface area (Å²) >= 11 is 6.09. The fourth-order valence-electron chi connectivity index (χ4n) is 2.59. The maximum absolute atomic E-state index is 7.39. The van der Waals surface area contributed by atoms with E-state index in [0.717, 1.165) is 37.7 Å². The van der Waals surface area contributed by atoms with E-state index in [4.69, 9.17) is 22.7 Å². The molecule has 4 N–H and O–H groups in total. The third-order valence-corrected chi connectivity index (χ3v) is 4.20. The van der Waals surface area contributed by atoms with E-state index >= 15 is 0 Å².